The van der Waals surface area contributed by atoms with Crippen LogP contribution in [0.2, 0.25) is 0 Å². The summed E-state index contributed by atoms with van der Waals surface area (Å²) in [5, 5.41) is 12.0. The number of amides is 2. The lowest BCUT2D eigenvalue weighted by atomic mass is 9.92. The molecule has 1 aliphatic heterocycles. The first kappa shape index (κ1) is 15.4. The number of nitrogens with one attached hydrogen (secondary N) is 1. The Hall–Kier alpha value is -2.04. The van der Waals surface area contributed by atoms with Crippen molar-refractivity contribution < 1.29 is 14.7 Å². The Morgan fingerprint density at radius 1 is 1.19 bits per heavy atom. The third-order valence-electron chi connectivity index (χ3n) is 3.80. The number of likely N-dealkylation sites (tertiary alicyclic amines) is 1. The number of carbonyl (C=O) groups is 2. The first-order valence-electron chi connectivity index (χ1n) is 7.30. The summed E-state index contributed by atoms with van der Waals surface area (Å²) in [6.45, 7) is 5.58. The molecule has 21 heavy (non-hydrogen) atoms. The Labute approximate surface area is 125 Å². The molecule has 0 radical (unpaired) electrons. The molecule has 5 heteroatoms. The first-order chi connectivity index (χ1) is 9.97. The minimum absolute atomic E-state index is 0.301. The fourth-order valence-electron chi connectivity index (χ4n) is 2.98. The predicted molar refractivity (Wildman–Crippen MR) is 79.9 cm³/mol. The van der Waals surface area contributed by atoms with E-state index >= 15 is 0 Å². The fraction of sp³-hybridized carbons (Fsp3) is 0.500. The molecular weight excluding hydrogens is 268 g/mol. The van der Waals surface area contributed by atoms with E-state index < -0.39 is 12.0 Å². The molecule has 114 valence electrons. The summed E-state index contributed by atoms with van der Waals surface area (Å²) in [6.07, 6.45) is 1.10. The summed E-state index contributed by atoms with van der Waals surface area (Å²) >= 11 is 0. The summed E-state index contributed by atoms with van der Waals surface area (Å²) in [7, 11) is 0. The lowest BCUT2D eigenvalue weighted by molar-refractivity contribution is -0.139. The summed E-state index contributed by atoms with van der Waals surface area (Å²) in [5.74, 6) is -0.160. The van der Waals surface area contributed by atoms with Crippen molar-refractivity contribution in [2.24, 2.45) is 11.8 Å². The van der Waals surface area contributed by atoms with Crippen LogP contribution in [0.5, 0.6) is 0 Å². The van der Waals surface area contributed by atoms with Gasteiger partial charge in [0.05, 0.1) is 0 Å². The van der Waals surface area contributed by atoms with Crippen LogP contribution in [-0.2, 0) is 4.79 Å². The molecule has 0 bridgehead atoms. The standard InChI is InChI=1S/C16H22N2O3/c1-11-8-12(2)10-18(9-11)16(21)17-14(15(19)20)13-6-4-3-5-7-13/h3-7,11-12,14H,8-10H2,1-2H3,(H,17,21)(H,19,20). The molecule has 1 aromatic carbocycles. The average Bonchev–Trinajstić information content (AvgIpc) is 2.44. The third-order valence-corrected chi connectivity index (χ3v) is 3.80. The lowest BCUT2D eigenvalue weighted by Crippen LogP contribution is -2.49. The fourth-order valence-corrected chi connectivity index (χ4v) is 2.98. The van der Waals surface area contributed by atoms with Crippen LogP contribution < -0.4 is 5.32 Å². The molecule has 5 nitrogen and oxygen atoms in total. The van der Waals surface area contributed by atoms with E-state index in [4.69, 9.17) is 0 Å². The number of piperidine rings is 1. The Balaban J connectivity index is 2.07. The van der Waals surface area contributed by atoms with Gasteiger partial charge >= 0.3 is 12.0 Å². The molecule has 2 N–H and O–H groups in total. The number of urea groups is 1. The Morgan fingerprint density at radius 2 is 1.76 bits per heavy atom. The van der Waals surface area contributed by atoms with E-state index in [2.05, 4.69) is 19.2 Å². The molecule has 2 rings (SSSR count). The van der Waals surface area contributed by atoms with Crippen molar-refractivity contribution in [3.63, 3.8) is 0 Å². The number of rotatable bonds is 3. The molecule has 0 aromatic heterocycles. The van der Waals surface area contributed by atoms with Crippen LogP contribution in [0.15, 0.2) is 30.3 Å². The largest absolute Gasteiger partial charge is 0.479 e. The van der Waals surface area contributed by atoms with Gasteiger partial charge in [-0.25, -0.2) is 9.59 Å². The number of benzene rings is 1. The van der Waals surface area contributed by atoms with Crippen LogP contribution >= 0.6 is 0 Å². The predicted octanol–water partition coefficient (Wildman–Crippen LogP) is 2.50. The van der Waals surface area contributed by atoms with Crippen LogP contribution in [0.25, 0.3) is 0 Å². The number of nitrogens with zero attached hydrogens (tertiary/aromatic N) is 1. The van der Waals surface area contributed by atoms with Gasteiger partial charge in [-0.1, -0.05) is 44.2 Å². The smallest absolute Gasteiger partial charge is 0.330 e. The second-order valence-electron chi connectivity index (χ2n) is 5.98. The van der Waals surface area contributed by atoms with Gasteiger partial charge in [-0.3, -0.25) is 0 Å². The van der Waals surface area contributed by atoms with Crippen LogP contribution in [0.4, 0.5) is 4.79 Å². The topological polar surface area (TPSA) is 69.6 Å². The number of aliphatic carboxylic acids is 1. The zero-order chi connectivity index (χ0) is 15.4. The Kier molecular flexibility index (Phi) is 4.83. The van der Waals surface area contributed by atoms with Crippen molar-refractivity contribution in [3.05, 3.63) is 35.9 Å². The van der Waals surface area contributed by atoms with Crippen molar-refractivity contribution in [3.8, 4) is 0 Å². The van der Waals surface area contributed by atoms with E-state index in [0.717, 1.165) is 6.42 Å². The highest BCUT2D eigenvalue weighted by atomic mass is 16.4. The van der Waals surface area contributed by atoms with E-state index in [1.165, 1.54) is 0 Å². The van der Waals surface area contributed by atoms with E-state index in [-0.39, 0.29) is 6.03 Å². The highest BCUT2D eigenvalue weighted by Gasteiger charge is 2.29. The van der Waals surface area contributed by atoms with Crippen LogP contribution in [0.1, 0.15) is 31.9 Å². The van der Waals surface area contributed by atoms with Crippen molar-refractivity contribution in [2.45, 2.75) is 26.3 Å². The van der Waals surface area contributed by atoms with Crippen LogP contribution in [-0.4, -0.2) is 35.1 Å². The molecule has 1 aromatic rings. The number of carbonyl (C=O) groups excluding carboxylic acids is 1. The van der Waals surface area contributed by atoms with E-state index in [9.17, 15) is 14.7 Å². The summed E-state index contributed by atoms with van der Waals surface area (Å²) < 4.78 is 0. The van der Waals surface area contributed by atoms with Gasteiger partial charge < -0.3 is 15.3 Å². The van der Waals surface area contributed by atoms with E-state index in [0.29, 0.717) is 30.5 Å². The SMILES string of the molecule is CC1CC(C)CN(C(=O)NC(C(=O)O)c2ccccc2)C1. The highest BCUT2D eigenvalue weighted by molar-refractivity contribution is 5.83. The van der Waals surface area contributed by atoms with Gasteiger partial charge in [0.2, 0.25) is 0 Å². The second kappa shape index (κ2) is 6.61. The van der Waals surface area contributed by atoms with Crippen molar-refractivity contribution >= 4 is 12.0 Å². The lowest BCUT2D eigenvalue weighted by Gasteiger charge is -2.35. The molecule has 1 aliphatic rings. The minimum Gasteiger partial charge on any atom is -0.479 e. The zero-order valence-corrected chi connectivity index (χ0v) is 12.5. The first-order valence-corrected chi connectivity index (χ1v) is 7.30. The maximum absolute atomic E-state index is 12.3. The second-order valence-corrected chi connectivity index (χ2v) is 5.98. The monoisotopic (exact) mass is 290 g/mol. The highest BCUT2D eigenvalue weighted by Crippen LogP contribution is 2.21. The van der Waals surface area contributed by atoms with Gasteiger partial charge in [0, 0.05) is 13.1 Å². The molecule has 1 fully saturated rings. The van der Waals surface area contributed by atoms with Gasteiger partial charge in [0.25, 0.3) is 0 Å². The molecule has 0 aliphatic carbocycles. The maximum atomic E-state index is 12.3. The van der Waals surface area contributed by atoms with Gasteiger partial charge in [0.15, 0.2) is 6.04 Å². The number of carboxylic acid groups (broad SMARTS) is 1. The molecular formula is C16H22N2O3. The van der Waals surface area contributed by atoms with Gasteiger partial charge in [-0.05, 0) is 23.8 Å². The van der Waals surface area contributed by atoms with Gasteiger partial charge in [-0.2, -0.15) is 0 Å². The van der Waals surface area contributed by atoms with Gasteiger partial charge in [-0.15, -0.1) is 0 Å². The normalized spacial score (nSPS) is 23.4. The van der Waals surface area contributed by atoms with Crippen molar-refractivity contribution in [1.82, 2.24) is 10.2 Å². The zero-order valence-electron chi connectivity index (χ0n) is 12.5. The Morgan fingerprint density at radius 3 is 2.29 bits per heavy atom. The number of hydrogen-bond donors (Lipinski definition) is 2. The third kappa shape index (κ3) is 3.97. The van der Waals surface area contributed by atoms with Crippen molar-refractivity contribution in [1.29, 1.82) is 0 Å². The van der Waals surface area contributed by atoms with Crippen LogP contribution in [0, 0.1) is 11.8 Å². The molecule has 3 unspecified atom stereocenters. The minimum atomic E-state index is -1.05. The average molecular weight is 290 g/mol. The molecule has 1 saturated heterocycles. The Bertz CT molecular complexity index is 494. The molecule has 2 amide bonds. The van der Waals surface area contributed by atoms with Gasteiger partial charge in [0.1, 0.15) is 0 Å². The number of hydrogen-bond acceptors (Lipinski definition) is 2. The van der Waals surface area contributed by atoms with E-state index in [1.54, 1.807) is 29.2 Å². The summed E-state index contributed by atoms with van der Waals surface area (Å²) in [4.78, 5) is 25.5. The number of carboxylic acids is 1. The van der Waals surface area contributed by atoms with Crippen molar-refractivity contribution in [2.75, 3.05) is 13.1 Å². The quantitative estimate of drug-likeness (QED) is 0.898. The molecule has 3 atom stereocenters. The maximum Gasteiger partial charge on any atom is 0.330 e. The molecule has 0 spiro atoms. The van der Waals surface area contributed by atoms with E-state index in [1.807, 2.05) is 6.07 Å². The van der Waals surface area contributed by atoms with Crippen LogP contribution in [0.3, 0.4) is 0 Å². The molecule has 1 heterocycles. The summed E-state index contributed by atoms with van der Waals surface area (Å²) in [5.41, 5.74) is 0.580. The molecule has 0 saturated carbocycles. The summed E-state index contributed by atoms with van der Waals surface area (Å²) in [6, 6.07) is 7.46.